The van der Waals surface area contributed by atoms with Crippen molar-refractivity contribution in [1.29, 1.82) is 0 Å². The molecule has 20 heavy (non-hydrogen) atoms. The molecule has 0 bridgehead atoms. The number of benzene rings is 1. The van der Waals surface area contributed by atoms with Gasteiger partial charge in [0.25, 0.3) is 0 Å². The van der Waals surface area contributed by atoms with Gasteiger partial charge in [-0.05, 0) is 37.2 Å². The van der Waals surface area contributed by atoms with Gasteiger partial charge in [0.2, 0.25) is 0 Å². The molecule has 0 aliphatic rings. The molecule has 0 saturated carbocycles. The SMILES string of the molecule is CC.CCNCCc1c[nH]c2cccc(C(=O)OC)c12. The smallest absolute Gasteiger partial charge is 0.338 e. The van der Waals surface area contributed by atoms with E-state index in [0.29, 0.717) is 5.56 Å². The van der Waals surface area contributed by atoms with Crippen molar-refractivity contribution in [3.8, 4) is 0 Å². The maximum absolute atomic E-state index is 11.8. The molecule has 0 fully saturated rings. The zero-order chi connectivity index (χ0) is 15.0. The number of rotatable bonds is 5. The molecule has 0 amide bonds. The Labute approximate surface area is 120 Å². The Morgan fingerprint density at radius 3 is 2.75 bits per heavy atom. The highest BCUT2D eigenvalue weighted by Gasteiger charge is 2.14. The largest absolute Gasteiger partial charge is 0.465 e. The average Bonchev–Trinajstić information content (AvgIpc) is 2.92. The van der Waals surface area contributed by atoms with Crippen LogP contribution in [-0.2, 0) is 11.2 Å². The molecule has 2 N–H and O–H groups in total. The van der Waals surface area contributed by atoms with Gasteiger partial charge in [-0.3, -0.25) is 0 Å². The second kappa shape index (κ2) is 8.38. The lowest BCUT2D eigenvalue weighted by molar-refractivity contribution is 0.0603. The first-order valence-electron chi connectivity index (χ1n) is 7.16. The van der Waals surface area contributed by atoms with E-state index in [1.54, 1.807) is 6.07 Å². The predicted octanol–water partition coefficient (Wildman–Crippen LogP) is 3.13. The van der Waals surface area contributed by atoms with Gasteiger partial charge in [0.15, 0.2) is 0 Å². The molecule has 1 heterocycles. The second-order valence-corrected chi connectivity index (χ2v) is 4.14. The third-order valence-corrected chi connectivity index (χ3v) is 3.01. The van der Waals surface area contributed by atoms with Gasteiger partial charge in [-0.1, -0.05) is 26.8 Å². The van der Waals surface area contributed by atoms with Crippen LogP contribution in [0.5, 0.6) is 0 Å². The van der Waals surface area contributed by atoms with Crippen molar-refractivity contribution in [2.24, 2.45) is 0 Å². The van der Waals surface area contributed by atoms with Crippen molar-refractivity contribution < 1.29 is 9.53 Å². The summed E-state index contributed by atoms with van der Waals surface area (Å²) in [5, 5.41) is 4.26. The molecule has 0 radical (unpaired) electrons. The number of fused-ring (bicyclic) bond motifs is 1. The van der Waals surface area contributed by atoms with Crippen LogP contribution in [0.4, 0.5) is 0 Å². The van der Waals surface area contributed by atoms with Gasteiger partial charge in [0.1, 0.15) is 0 Å². The minimum atomic E-state index is -0.287. The molecule has 1 aromatic carbocycles. The second-order valence-electron chi connectivity index (χ2n) is 4.14. The summed E-state index contributed by atoms with van der Waals surface area (Å²) in [4.78, 5) is 15.0. The van der Waals surface area contributed by atoms with Crippen LogP contribution in [0.3, 0.4) is 0 Å². The summed E-state index contributed by atoms with van der Waals surface area (Å²) in [7, 11) is 1.41. The molecule has 0 spiro atoms. The van der Waals surface area contributed by atoms with E-state index in [-0.39, 0.29) is 5.97 Å². The Kier molecular flexibility index (Phi) is 6.81. The van der Waals surface area contributed by atoms with Crippen LogP contribution in [0.15, 0.2) is 24.4 Å². The third kappa shape index (κ3) is 3.61. The van der Waals surface area contributed by atoms with E-state index in [4.69, 9.17) is 4.74 Å². The van der Waals surface area contributed by atoms with E-state index in [1.165, 1.54) is 7.11 Å². The zero-order valence-corrected chi connectivity index (χ0v) is 12.7. The number of aromatic nitrogens is 1. The summed E-state index contributed by atoms with van der Waals surface area (Å²) in [6.45, 7) is 7.93. The Hall–Kier alpha value is -1.81. The van der Waals surface area contributed by atoms with Gasteiger partial charge in [0.05, 0.1) is 12.7 Å². The predicted molar refractivity (Wildman–Crippen MR) is 83.2 cm³/mol. The summed E-state index contributed by atoms with van der Waals surface area (Å²) >= 11 is 0. The number of carbonyl (C=O) groups is 1. The lowest BCUT2D eigenvalue weighted by Gasteiger charge is -2.05. The minimum Gasteiger partial charge on any atom is -0.465 e. The molecule has 1 aromatic heterocycles. The number of aromatic amines is 1. The van der Waals surface area contributed by atoms with Crippen LogP contribution < -0.4 is 5.32 Å². The van der Waals surface area contributed by atoms with E-state index in [0.717, 1.165) is 36.0 Å². The minimum absolute atomic E-state index is 0.287. The van der Waals surface area contributed by atoms with Crippen LogP contribution in [0, 0.1) is 0 Å². The maximum Gasteiger partial charge on any atom is 0.338 e. The monoisotopic (exact) mass is 276 g/mol. The Bertz CT molecular complexity index is 546. The van der Waals surface area contributed by atoms with Crippen molar-refractivity contribution in [2.45, 2.75) is 27.2 Å². The van der Waals surface area contributed by atoms with Crippen molar-refractivity contribution in [3.05, 3.63) is 35.5 Å². The van der Waals surface area contributed by atoms with Gasteiger partial charge in [0, 0.05) is 17.1 Å². The quantitative estimate of drug-likeness (QED) is 0.651. The molecule has 4 nitrogen and oxygen atoms in total. The normalized spacial score (nSPS) is 10.0. The summed E-state index contributed by atoms with van der Waals surface area (Å²) in [5.41, 5.74) is 2.75. The number of esters is 1. The molecule has 0 aliphatic heterocycles. The number of methoxy groups -OCH3 is 1. The van der Waals surface area contributed by atoms with Gasteiger partial charge < -0.3 is 15.0 Å². The van der Waals surface area contributed by atoms with Crippen molar-refractivity contribution >= 4 is 16.9 Å². The standard InChI is InChI=1S/C14H18N2O2.C2H6/c1-3-15-8-7-10-9-16-12-6-4-5-11(13(10)12)14(17)18-2;1-2/h4-6,9,15-16H,3,7-8H2,1-2H3;1-2H3. The first kappa shape index (κ1) is 16.2. The van der Waals surface area contributed by atoms with E-state index >= 15 is 0 Å². The Balaban J connectivity index is 0.000000956. The highest BCUT2D eigenvalue weighted by Crippen LogP contribution is 2.23. The molecular formula is C16H24N2O2. The molecule has 4 heteroatoms. The number of ether oxygens (including phenoxy) is 1. The number of carbonyl (C=O) groups excluding carboxylic acids is 1. The summed E-state index contributed by atoms with van der Waals surface area (Å²) in [6.07, 6.45) is 2.86. The van der Waals surface area contributed by atoms with Crippen LogP contribution in [0.2, 0.25) is 0 Å². The number of H-pyrrole nitrogens is 1. The summed E-state index contributed by atoms with van der Waals surface area (Å²) < 4.78 is 4.83. The first-order valence-corrected chi connectivity index (χ1v) is 7.16. The highest BCUT2D eigenvalue weighted by atomic mass is 16.5. The lowest BCUT2D eigenvalue weighted by atomic mass is 10.0. The van der Waals surface area contributed by atoms with E-state index in [9.17, 15) is 4.79 Å². The molecule has 0 saturated heterocycles. The van der Waals surface area contributed by atoms with E-state index in [2.05, 4.69) is 17.2 Å². The van der Waals surface area contributed by atoms with Crippen molar-refractivity contribution in [1.82, 2.24) is 10.3 Å². The van der Waals surface area contributed by atoms with Crippen LogP contribution >= 0.6 is 0 Å². The summed E-state index contributed by atoms with van der Waals surface area (Å²) in [5.74, 6) is -0.287. The number of likely N-dealkylation sites (N-methyl/N-ethyl adjacent to an activating group) is 1. The van der Waals surface area contributed by atoms with E-state index < -0.39 is 0 Å². The topological polar surface area (TPSA) is 54.1 Å². The van der Waals surface area contributed by atoms with Gasteiger partial charge in [-0.25, -0.2) is 4.79 Å². The fourth-order valence-corrected chi connectivity index (χ4v) is 2.13. The summed E-state index contributed by atoms with van der Waals surface area (Å²) in [6, 6.07) is 5.64. The molecular weight excluding hydrogens is 252 g/mol. The van der Waals surface area contributed by atoms with E-state index in [1.807, 2.05) is 32.2 Å². The van der Waals surface area contributed by atoms with Crippen molar-refractivity contribution in [3.63, 3.8) is 0 Å². The molecule has 110 valence electrons. The Morgan fingerprint density at radius 2 is 2.10 bits per heavy atom. The number of hydrogen-bond donors (Lipinski definition) is 2. The Morgan fingerprint density at radius 1 is 1.35 bits per heavy atom. The molecule has 0 aliphatic carbocycles. The zero-order valence-electron chi connectivity index (χ0n) is 12.7. The average molecular weight is 276 g/mol. The maximum atomic E-state index is 11.8. The van der Waals surface area contributed by atoms with Crippen molar-refractivity contribution in [2.75, 3.05) is 20.2 Å². The molecule has 2 aromatic rings. The molecule has 0 unspecified atom stereocenters. The van der Waals surface area contributed by atoms with Gasteiger partial charge >= 0.3 is 5.97 Å². The molecule has 2 rings (SSSR count). The van der Waals surface area contributed by atoms with Crippen LogP contribution in [0.25, 0.3) is 10.9 Å². The van der Waals surface area contributed by atoms with Crippen LogP contribution in [-0.4, -0.2) is 31.2 Å². The fourth-order valence-electron chi connectivity index (χ4n) is 2.13. The number of nitrogens with one attached hydrogen (secondary N) is 2. The molecule has 0 atom stereocenters. The highest BCUT2D eigenvalue weighted by molar-refractivity contribution is 6.05. The third-order valence-electron chi connectivity index (χ3n) is 3.01. The van der Waals surface area contributed by atoms with Gasteiger partial charge in [-0.15, -0.1) is 0 Å². The van der Waals surface area contributed by atoms with Gasteiger partial charge in [-0.2, -0.15) is 0 Å². The van der Waals surface area contributed by atoms with Crippen LogP contribution in [0.1, 0.15) is 36.7 Å². The first-order chi connectivity index (χ1) is 9.77. The number of hydrogen-bond acceptors (Lipinski definition) is 3. The fraction of sp³-hybridized carbons (Fsp3) is 0.438. The lowest BCUT2D eigenvalue weighted by Crippen LogP contribution is -2.16.